The van der Waals surface area contributed by atoms with Crippen LogP contribution in [0.2, 0.25) is 0 Å². The van der Waals surface area contributed by atoms with Crippen molar-refractivity contribution >= 4 is 22.5 Å². The molecular formula is C25H21FN2O4. The van der Waals surface area contributed by atoms with Gasteiger partial charge in [0.2, 0.25) is 5.75 Å². The first-order valence-electron chi connectivity index (χ1n) is 9.81. The Morgan fingerprint density at radius 3 is 2.19 bits per heavy atom. The van der Waals surface area contributed by atoms with Crippen LogP contribution in [-0.2, 0) is 0 Å². The number of fused-ring (bicyclic) bond motifs is 1. The number of rotatable bonds is 6. The van der Waals surface area contributed by atoms with Crippen LogP contribution in [0.4, 0.5) is 10.1 Å². The predicted molar refractivity (Wildman–Crippen MR) is 121 cm³/mol. The van der Waals surface area contributed by atoms with E-state index in [1.807, 2.05) is 18.2 Å². The topological polar surface area (TPSA) is 69.7 Å². The molecule has 7 heteroatoms. The summed E-state index contributed by atoms with van der Waals surface area (Å²) in [6.45, 7) is 0. The molecule has 32 heavy (non-hydrogen) atoms. The van der Waals surface area contributed by atoms with Gasteiger partial charge in [0, 0.05) is 10.9 Å². The van der Waals surface area contributed by atoms with Gasteiger partial charge in [-0.3, -0.25) is 4.79 Å². The lowest BCUT2D eigenvalue weighted by Crippen LogP contribution is -2.14. The summed E-state index contributed by atoms with van der Waals surface area (Å²) in [5.41, 5.74) is 2.29. The summed E-state index contributed by atoms with van der Waals surface area (Å²) < 4.78 is 30.4. The van der Waals surface area contributed by atoms with E-state index in [0.717, 1.165) is 0 Å². The molecule has 1 amide bonds. The second-order valence-corrected chi connectivity index (χ2v) is 6.92. The number of para-hydroxylation sites is 2. The number of hydrogen-bond donors (Lipinski definition) is 1. The Morgan fingerprint density at radius 1 is 0.875 bits per heavy atom. The van der Waals surface area contributed by atoms with E-state index >= 15 is 0 Å². The van der Waals surface area contributed by atoms with Gasteiger partial charge in [0.25, 0.3) is 5.91 Å². The fourth-order valence-electron chi connectivity index (χ4n) is 3.49. The number of methoxy groups -OCH3 is 3. The number of anilines is 1. The molecule has 0 fully saturated rings. The number of halogens is 1. The number of hydrogen-bond acceptors (Lipinski definition) is 5. The number of carbonyl (C=O) groups excluding carboxylic acids is 1. The summed E-state index contributed by atoms with van der Waals surface area (Å²) in [5.74, 6) is 0.437. The lowest BCUT2D eigenvalue weighted by atomic mass is 10.0. The molecule has 0 saturated heterocycles. The summed E-state index contributed by atoms with van der Waals surface area (Å²) in [4.78, 5) is 17.8. The second-order valence-electron chi connectivity index (χ2n) is 6.92. The van der Waals surface area contributed by atoms with Crippen LogP contribution in [0, 0.1) is 5.82 Å². The van der Waals surface area contributed by atoms with Crippen LogP contribution >= 0.6 is 0 Å². The lowest BCUT2D eigenvalue weighted by molar-refractivity contribution is 0.102. The number of pyridine rings is 1. The van der Waals surface area contributed by atoms with Gasteiger partial charge in [-0.2, -0.15) is 0 Å². The Morgan fingerprint density at radius 2 is 1.53 bits per heavy atom. The Kier molecular flexibility index (Phi) is 5.89. The van der Waals surface area contributed by atoms with Gasteiger partial charge < -0.3 is 19.5 Å². The van der Waals surface area contributed by atoms with Crippen molar-refractivity contribution < 1.29 is 23.4 Å². The number of amides is 1. The number of benzene rings is 3. The highest BCUT2D eigenvalue weighted by Gasteiger charge is 2.18. The molecule has 1 N–H and O–H groups in total. The Hall–Kier alpha value is -4.13. The molecule has 162 valence electrons. The largest absolute Gasteiger partial charge is 0.493 e. The third-order valence-corrected chi connectivity index (χ3v) is 5.04. The van der Waals surface area contributed by atoms with Crippen molar-refractivity contribution in [3.8, 4) is 28.5 Å². The van der Waals surface area contributed by atoms with Gasteiger partial charge >= 0.3 is 0 Å². The van der Waals surface area contributed by atoms with Crippen LogP contribution in [0.25, 0.3) is 22.2 Å². The molecule has 0 atom stereocenters. The van der Waals surface area contributed by atoms with Gasteiger partial charge in [-0.25, -0.2) is 9.37 Å². The van der Waals surface area contributed by atoms with E-state index in [2.05, 4.69) is 5.32 Å². The molecule has 0 aliphatic rings. The first-order chi connectivity index (χ1) is 15.5. The SMILES string of the molecule is COc1cc(-c2cc(C(=O)Nc3ccccc3F)c3ccccc3n2)cc(OC)c1OC. The maximum absolute atomic E-state index is 14.1. The van der Waals surface area contributed by atoms with Gasteiger partial charge in [0.1, 0.15) is 5.82 Å². The summed E-state index contributed by atoms with van der Waals surface area (Å²) >= 11 is 0. The normalized spacial score (nSPS) is 10.6. The molecule has 4 rings (SSSR count). The zero-order valence-corrected chi connectivity index (χ0v) is 17.8. The summed E-state index contributed by atoms with van der Waals surface area (Å²) in [5, 5.41) is 3.30. The highest BCUT2D eigenvalue weighted by Crippen LogP contribution is 2.41. The molecular weight excluding hydrogens is 411 g/mol. The first kappa shape index (κ1) is 21.1. The highest BCUT2D eigenvalue weighted by molar-refractivity contribution is 6.13. The van der Waals surface area contributed by atoms with Gasteiger partial charge in [-0.1, -0.05) is 30.3 Å². The van der Waals surface area contributed by atoms with E-state index in [4.69, 9.17) is 19.2 Å². The number of ether oxygens (including phenoxy) is 3. The summed E-state index contributed by atoms with van der Waals surface area (Å²) in [7, 11) is 4.59. The van der Waals surface area contributed by atoms with Gasteiger partial charge in [-0.05, 0) is 36.4 Å². The highest BCUT2D eigenvalue weighted by atomic mass is 19.1. The lowest BCUT2D eigenvalue weighted by Gasteiger charge is -2.15. The summed E-state index contributed by atoms with van der Waals surface area (Å²) in [6, 6.07) is 18.5. The molecule has 1 heterocycles. The van der Waals surface area contributed by atoms with Gasteiger partial charge in [-0.15, -0.1) is 0 Å². The van der Waals surface area contributed by atoms with Gasteiger partial charge in [0.05, 0.1) is 43.8 Å². The van der Waals surface area contributed by atoms with E-state index in [9.17, 15) is 9.18 Å². The van der Waals surface area contributed by atoms with Crippen molar-refractivity contribution in [2.24, 2.45) is 0 Å². The van der Waals surface area contributed by atoms with Crippen LogP contribution in [0.1, 0.15) is 10.4 Å². The number of aromatic nitrogens is 1. The molecule has 0 unspecified atom stereocenters. The van der Waals surface area contributed by atoms with Gasteiger partial charge in [0.15, 0.2) is 11.5 Å². The average molecular weight is 432 g/mol. The standard InChI is InChI=1S/C25H21FN2O4/c1-30-22-12-15(13-23(31-2)24(22)32-3)21-14-17(16-8-4-6-10-19(16)27-21)25(29)28-20-11-7-5-9-18(20)26/h4-14H,1-3H3,(H,28,29). The zero-order chi connectivity index (χ0) is 22.7. The van der Waals surface area contributed by atoms with Crippen LogP contribution in [0.3, 0.4) is 0 Å². The monoisotopic (exact) mass is 432 g/mol. The molecule has 0 aliphatic carbocycles. The second kappa shape index (κ2) is 8.93. The molecule has 0 spiro atoms. The molecule has 0 saturated carbocycles. The third kappa shape index (κ3) is 3.92. The van der Waals surface area contributed by atoms with Crippen molar-refractivity contribution in [3.05, 3.63) is 78.1 Å². The van der Waals surface area contributed by atoms with Crippen LogP contribution < -0.4 is 19.5 Å². The number of nitrogens with zero attached hydrogens (tertiary/aromatic N) is 1. The Labute approximate surface area is 184 Å². The van der Waals surface area contributed by atoms with E-state index in [-0.39, 0.29) is 5.69 Å². The van der Waals surface area contributed by atoms with Crippen molar-refractivity contribution in [1.82, 2.24) is 4.98 Å². The zero-order valence-electron chi connectivity index (χ0n) is 17.8. The van der Waals surface area contributed by atoms with Crippen LogP contribution in [-0.4, -0.2) is 32.2 Å². The van der Waals surface area contributed by atoms with Crippen LogP contribution in [0.5, 0.6) is 17.2 Å². The molecule has 3 aromatic carbocycles. The maximum Gasteiger partial charge on any atom is 0.256 e. The van der Waals surface area contributed by atoms with E-state index in [1.165, 1.54) is 33.5 Å². The molecule has 6 nitrogen and oxygen atoms in total. The van der Waals surface area contributed by atoms with E-state index in [0.29, 0.717) is 45.0 Å². The molecule has 0 bridgehead atoms. The van der Waals surface area contributed by atoms with Crippen molar-refractivity contribution in [2.75, 3.05) is 26.6 Å². The summed E-state index contributed by atoms with van der Waals surface area (Å²) in [6.07, 6.45) is 0. The average Bonchev–Trinajstić information content (AvgIpc) is 2.83. The van der Waals surface area contributed by atoms with Crippen molar-refractivity contribution in [1.29, 1.82) is 0 Å². The minimum absolute atomic E-state index is 0.104. The van der Waals surface area contributed by atoms with Crippen molar-refractivity contribution in [2.45, 2.75) is 0 Å². The molecule has 0 radical (unpaired) electrons. The molecule has 4 aromatic rings. The quantitative estimate of drug-likeness (QED) is 0.447. The maximum atomic E-state index is 14.1. The minimum Gasteiger partial charge on any atom is -0.493 e. The first-order valence-corrected chi connectivity index (χ1v) is 9.81. The molecule has 1 aromatic heterocycles. The number of carbonyl (C=O) groups is 1. The van der Waals surface area contributed by atoms with E-state index < -0.39 is 11.7 Å². The smallest absolute Gasteiger partial charge is 0.256 e. The molecule has 0 aliphatic heterocycles. The third-order valence-electron chi connectivity index (χ3n) is 5.04. The van der Waals surface area contributed by atoms with Crippen LogP contribution in [0.15, 0.2) is 66.7 Å². The fourth-order valence-corrected chi connectivity index (χ4v) is 3.49. The number of nitrogens with one attached hydrogen (secondary N) is 1. The Balaban J connectivity index is 1.86. The van der Waals surface area contributed by atoms with Crippen molar-refractivity contribution in [3.63, 3.8) is 0 Å². The minimum atomic E-state index is -0.510. The fraction of sp³-hybridized carbons (Fsp3) is 0.120. The predicted octanol–water partition coefficient (Wildman–Crippen LogP) is 5.32. The van der Waals surface area contributed by atoms with E-state index in [1.54, 1.807) is 36.4 Å². The Bertz CT molecular complexity index is 1280.